The highest BCUT2D eigenvalue weighted by atomic mass is 35.5. The Morgan fingerprint density at radius 3 is 2.78 bits per heavy atom. The maximum absolute atomic E-state index is 11.5. The third-order valence-corrected chi connectivity index (χ3v) is 3.48. The lowest BCUT2D eigenvalue weighted by molar-refractivity contribution is 0.230. The number of amides is 2. The molecule has 98 valence electrons. The fourth-order valence-corrected chi connectivity index (χ4v) is 2.19. The molecule has 0 saturated heterocycles. The summed E-state index contributed by atoms with van der Waals surface area (Å²) >= 11 is 7.72. The average Bonchev–Trinajstić information content (AvgIpc) is 2.32. The lowest BCUT2D eigenvalue weighted by atomic mass is 10.3. The lowest BCUT2D eigenvalue weighted by Crippen LogP contribution is -2.27. The van der Waals surface area contributed by atoms with E-state index < -0.39 is 0 Å². The van der Waals surface area contributed by atoms with Crippen molar-refractivity contribution in [1.29, 1.82) is 0 Å². The van der Waals surface area contributed by atoms with Crippen molar-refractivity contribution in [3.8, 4) is 0 Å². The number of carbonyl (C=O) groups is 1. The van der Waals surface area contributed by atoms with Crippen molar-refractivity contribution in [3.05, 3.63) is 34.7 Å². The molecule has 0 fully saturated rings. The summed E-state index contributed by atoms with van der Waals surface area (Å²) < 4.78 is 0. The molecule has 0 aliphatic heterocycles. The first-order chi connectivity index (χ1) is 8.54. The second kappa shape index (κ2) is 7.34. The molecule has 1 rings (SSSR count). The van der Waals surface area contributed by atoms with Gasteiger partial charge in [0.25, 0.3) is 0 Å². The molecule has 0 heterocycles. The molecule has 5 heteroatoms. The van der Waals surface area contributed by atoms with E-state index in [4.69, 9.17) is 11.6 Å². The monoisotopic (exact) mass is 284 g/mol. The minimum Gasteiger partial charge on any atom is -0.331 e. The van der Waals surface area contributed by atoms with Crippen LogP contribution in [0, 0.1) is 0 Å². The van der Waals surface area contributed by atoms with Crippen LogP contribution in [0.1, 0.15) is 13.3 Å². The molecular formula is C13H17ClN2OS. The number of halogens is 1. The van der Waals surface area contributed by atoms with Crippen LogP contribution >= 0.6 is 23.4 Å². The molecule has 1 aromatic carbocycles. The smallest absolute Gasteiger partial charge is 0.321 e. The zero-order valence-corrected chi connectivity index (χ0v) is 12.3. The SMILES string of the molecule is CC/C=C/Sc1ccc(NC(=O)N(C)C)cc1Cl. The van der Waals surface area contributed by atoms with Crippen LogP contribution in [0.15, 0.2) is 34.6 Å². The van der Waals surface area contributed by atoms with Gasteiger partial charge >= 0.3 is 6.03 Å². The summed E-state index contributed by atoms with van der Waals surface area (Å²) in [5.74, 6) is 0. The van der Waals surface area contributed by atoms with Crippen LogP contribution < -0.4 is 5.32 Å². The van der Waals surface area contributed by atoms with Gasteiger partial charge in [-0.3, -0.25) is 0 Å². The Morgan fingerprint density at radius 2 is 2.22 bits per heavy atom. The van der Waals surface area contributed by atoms with Gasteiger partial charge in [0.2, 0.25) is 0 Å². The van der Waals surface area contributed by atoms with Crippen molar-refractivity contribution in [2.24, 2.45) is 0 Å². The van der Waals surface area contributed by atoms with Crippen LogP contribution in [0.2, 0.25) is 5.02 Å². The Balaban J connectivity index is 2.73. The number of nitrogens with zero attached hydrogens (tertiary/aromatic N) is 1. The summed E-state index contributed by atoms with van der Waals surface area (Å²) in [6.07, 6.45) is 3.07. The lowest BCUT2D eigenvalue weighted by Gasteiger charge is -2.12. The van der Waals surface area contributed by atoms with Crippen LogP contribution in [0.3, 0.4) is 0 Å². The molecule has 0 aliphatic carbocycles. The molecule has 1 N–H and O–H groups in total. The maximum atomic E-state index is 11.5. The quantitative estimate of drug-likeness (QED) is 0.829. The number of nitrogens with one attached hydrogen (secondary N) is 1. The number of hydrogen-bond acceptors (Lipinski definition) is 2. The molecule has 0 aliphatic rings. The van der Waals surface area contributed by atoms with Crippen molar-refractivity contribution >= 4 is 35.1 Å². The normalized spacial score (nSPS) is 10.7. The number of rotatable bonds is 4. The molecule has 0 atom stereocenters. The molecule has 0 radical (unpaired) electrons. The van der Waals surface area contributed by atoms with E-state index >= 15 is 0 Å². The minimum atomic E-state index is -0.169. The standard InChI is InChI=1S/C13H17ClN2OS/c1-4-5-8-18-12-7-6-10(9-11(12)14)15-13(17)16(2)3/h5-9H,4H2,1-3H3,(H,15,17)/b8-5+. The Hall–Kier alpha value is -1.13. The van der Waals surface area contributed by atoms with E-state index in [0.717, 1.165) is 11.3 Å². The number of thioether (sulfide) groups is 1. The molecule has 0 saturated carbocycles. The summed E-state index contributed by atoms with van der Waals surface area (Å²) in [6.45, 7) is 2.08. The first-order valence-corrected chi connectivity index (χ1v) is 6.90. The van der Waals surface area contributed by atoms with Crippen LogP contribution in [0.4, 0.5) is 10.5 Å². The average molecular weight is 285 g/mol. The first-order valence-electron chi connectivity index (χ1n) is 5.64. The topological polar surface area (TPSA) is 32.3 Å². The van der Waals surface area contributed by atoms with Gasteiger partial charge in [-0.05, 0) is 30.0 Å². The van der Waals surface area contributed by atoms with Gasteiger partial charge < -0.3 is 10.2 Å². The van der Waals surface area contributed by atoms with Gasteiger partial charge in [-0.25, -0.2) is 4.79 Å². The Labute approximate surface area is 117 Å². The van der Waals surface area contributed by atoms with Gasteiger partial charge in [-0.1, -0.05) is 36.4 Å². The minimum absolute atomic E-state index is 0.169. The van der Waals surface area contributed by atoms with E-state index in [2.05, 4.69) is 18.3 Å². The van der Waals surface area contributed by atoms with Gasteiger partial charge in [0.15, 0.2) is 0 Å². The third-order valence-electron chi connectivity index (χ3n) is 2.12. The maximum Gasteiger partial charge on any atom is 0.321 e. The number of carbonyl (C=O) groups excluding carboxylic acids is 1. The molecule has 18 heavy (non-hydrogen) atoms. The Morgan fingerprint density at radius 1 is 1.50 bits per heavy atom. The fourth-order valence-electron chi connectivity index (χ4n) is 1.13. The largest absolute Gasteiger partial charge is 0.331 e. The summed E-state index contributed by atoms with van der Waals surface area (Å²) in [4.78, 5) is 13.9. The van der Waals surface area contributed by atoms with Crippen LogP contribution in [-0.4, -0.2) is 25.0 Å². The second-order valence-corrected chi connectivity index (χ2v) is 5.22. The van der Waals surface area contributed by atoms with Crippen LogP contribution in [0.5, 0.6) is 0 Å². The van der Waals surface area contributed by atoms with Crippen LogP contribution in [-0.2, 0) is 0 Å². The zero-order valence-electron chi connectivity index (χ0n) is 10.7. The highest BCUT2D eigenvalue weighted by Gasteiger charge is 2.06. The molecular weight excluding hydrogens is 268 g/mol. The van der Waals surface area contributed by atoms with E-state index in [-0.39, 0.29) is 6.03 Å². The van der Waals surface area contributed by atoms with Gasteiger partial charge in [0, 0.05) is 24.7 Å². The Kier molecular flexibility index (Phi) is 6.09. The predicted octanol–water partition coefficient (Wildman–Crippen LogP) is 4.45. The van der Waals surface area contributed by atoms with E-state index in [1.807, 2.05) is 17.5 Å². The van der Waals surface area contributed by atoms with E-state index in [1.54, 1.807) is 31.9 Å². The third kappa shape index (κ3) is 4.63. The summed E-state index contributed by atoms with van der Waals surface area (Å²) in [7, 11) is 3.38. The van der Waals surface area contributed by atoms with Crippen LogP contribution in [0.25, 0.3) is 0 Å². The van der Waals surface area contributed by atoms with Crippen molar-refractivity contribution in [3.63, 3.8) is 0 Å². The molecule has 0 bridgehead atoms. The molecule has 0 unspecified atom stereocenters. The fraction of sp³-hybridized carbons (Fsp3) is 0.308. The number of urea groups is 1. The number of anilines is 1. The molecule has 0 spiro atoms. The van der Waals surface area contributed by atoms with Crippen molar-refractivity contribution in [2.45, 2.75) is 18.2 Å². The Bertz CT molecular complexity index is 447. The number of allylic oxidation sites excluding steroid dienone is 1. The van der Waals surface area contributed by atoms with Crippen molar-refractivity contribution < 1.29 is 4.79 Å². The summed E-state index contributed by atoms with van der Waals surface area (Å²) in [5, 5.41) is 5.40. The summed E-state index contributed by atoms with van der Waals surface area (Å²) in [6, 6.07) is 5.33. The van der Waals surface area contributed by atoms with E-state index in [0.29, 0.717) is 10.7 Å². The zero-order chi connectivity index (χ0) is 13.5. The molecule has 2 amide bonds. The van der Waals surface area contributed by atoms with E-state index in [1.165, 1.54) is 4.90 Å². The number of hydrogen-bond donors (Lipinski definition) is 1. The molecule has 1 aromatic rings. The predicted molar refractivity (Wildman–Crippen MR) is 79.4 cm³/mol. The summed E-state index contributed by atoms with van der Waals surface area (Å²) in [5.41, 5.74) is 0.697. The number of benzene rings is 1. The van der Waals surface area contributed by atoms with Crippen molar-refractivity contribution in [1.82, 2.24) is 4.90 Å². The highest BCUT2D eigenvalue weighted by molar-refractivity contribution is 8.02. The highest BCUT2D eigenvalue weighted by Crippen LogP contribution is 2.30. The van der Waals surface area contributed by atoms with Crippen molar-refractivity contribution in [2.75, 3.05) is 19.4 Å². The molecule has 3 nitrogen and oxygen atoms in total. The second-order valence-electron chi connectivity index (χ2n) is 3.87. The first kappa shape index (κ1) is 14.9. The van der Waals surface area contributed by atoms with Gasteiger partial charge in [0.05, 0.1) is 5.02 Å². The van der Waals surface area contributed by atoms with Gasteiger partial charge in [0.1, 0.15) is 0 Å². The van der Waals surface area contributed by atoms with Gasteiger partial charge in [-0.2, -0.15) is 0 Å². The van der Waals surface area contributed by atoms with E-state index in [9.17, 15) is 4.79 Å². The van der Waals surface area contributed by atoms with Gasteiger partial charge in [-0.15, -0.1) is 0 Å². The molecule has 0 aromatic heterocycles.